The second kappa shape index (κ2) is 5.12. The minimum atomic E-state index is -4.69. The molecule has 2 aromatic rings. The van der Waals surface area contributed by atoms with Gasteiger partial charge in [0, 0.05) is 11.6 Å². The summed E-state index contributed by atoms with van der Waals surface area (Å²) in [6.45, 7) is 1.00. The lowest BCUT2D eigenvalue weighted by atomic mass is 10.2. The molecular formula is C13H10F3NO4. The highest BCUT2D eigenvalue weighted by molar-refractivity contribution is 5.84. The summed E-state index contributed by atoms with van der Waals surface area (Å²) in [5.41, 5.74) is -1.74. The first kappa shape index (κ1) is 14.9. The highest BCUT2D eigenvalue weighted by Crippen LogP contribution is 2.29. The van der Waals surface area contributed by atoms with E-state index < -0.39 is 29.9 Å². The Kier molecular flexibility index (Phi) is 3.63. The largest absolute Gasteiger partial charge is 0.475 e. The molecule has 0 aliphatic rings. The fraction of sp³-hybridized carbons (Fsp3) is 0.231. The monoisotopic (exact) mass is 301 g/mol. The van der Waals surface area contributed by atoms with Crippen LogP contribution in [-0.2, 0) is 12.7 Å². The topological polar surface area (TPSA) is 72.4 Å². The van der Waals surface area contributed by atoms with E-state index in [2.05, 4.69) is 0 Å². The molecule has 0 amide bonds. The molecule has 1 N–H and O–H groups in total. The molecule has 0 fully saturated rings. The zero-order valence-corrected chi connectivity index (χ0v) is 10.8. The van der Waals surface area contributed by atoms with Gasteiger partial charge in [0.25, 0.3) is 5.56 Å². The van der Waals surface area contributed by atoms with Gasteiger partial charge >= 0.3 is 12.1 Å². The van der Waals surface area contributed by atoms with Gasteiger partial charge in [0.1, 0.15) is 11.5 Å². The lowest BCUT2D eigenvalue weighted by Crippen LogP contribution is -2.27. The Hall–Kier alpha value is -2.51. The average Bonchev–Trinajstić information content (AvgIpc) is 2.72. The van der Waals surface area contributed by atoms with Gasteiger partial charge in [-0.2, -0.15) is 13.2 Å². The van der Waals surface area contributed by atoms with E-state index >= 15 is 0 Å². The number of halogens is 3. The van der Waals surface area contributed by atoms with Gasteiger partial charge in [0.05, 0.1) is 6.54 Å². The number of carboxylic acid groups (broad SMARTS) is 1. The Morgan fingerprint density at radius 3 is 2.57 bits per heavy atom. The standard InChI is InChI=1S/C13H10F3NO4/c1-7-8(5-9(21-7)12(19)20)6-17-10(13(14,15)16)3-2-4-11(17)18/h2-5H,6H2,1H3,(H,19,20). The van der Waals surface area contributed by atoms with Crippen LogP contribution in [0.2, 0.25) is 0 Å². The van der Waals surface area contributed by atoms with Crippen molar-refractivity contribution in [2.45, 2.75) is 19.6 Å². The molecule has 0 atom stereocenters. The van der Waals surface area contributed by atoms with Gasteiger partial charge in [0.2, 0.25) is 5.76 Å². The number of carbonyl (C=O) groups is 1. The zero-order chi connectivity index (χ0) is 15.8. The number of alkyl halides is 3. The fourth-order valence-electron chi connectivity index (χ4n) is 1.88. The number of rotatable bonds is 3. The van der Waals surface area contributed by atoms with Gasteiger partial charge in [-0.25, -0.2) is 4.79 Å². The van der Waals surface area contributed by atoms with E-state index in [1.807, 2.05) is 0 Å². The number of aromatic nitrogens is 1. The third kappa shape index (κ3) is 2.99. The first-order valence-corrected chi connectivity index (χ1v) is 5.80. The van der Waals surface area contributed by atoms with Gasteiger partial charge in [-0.05, 0) is 19.1 Å². The van der Waals surface area contributed by atoms with E-state index in [1.165, 1.54) is 6.92 Å². The number of carboxylic acids is 1. The van der Waals surface area contributed by atoms with Gasteiger partial charge < -0.3 is 9.52 Å². The number of aromatic carboxylic acids is 1. The van der Waals surface area contributed by atoms with E-state index in [-0.39, 0.29) is 17.1 Å². The van der Waals surface area contributed by atoms with Crippen molar-refractivity contribution in [1.82, 2.24) is 4.57 Å². The fourth-order valence-corrected chi connectivity index (χ4v) is 1.88. The lowest BCUT2D eigenvalue weighted by molar-refractivity contribution is -0.144. The molecule has 112 valence electrons. The highest BCUT2D eigenvalue weighted by atomic mass is 19.4. The molecule has 0 aliphatic heterocycles. The maximum Gasteiger partial charge on any atom is 0.431 e. The van der Waals surface area contributed by atoms with Crippen LogP contribution < -0.4 is 5.56 Å². The molecule has 21 heavy (non-hydrogen) atoms. The van der Waals surface area contributed by atoms with Crippen molar-refractivity contribution in [2.24, 2.45) is 0 Å². The molecular weight excluding hydrogens is 291 g/mol. The van der Waals surface area contributed by atoms with E-state index in [9.17, 15) is 22.8 Å². The SMILES string of the molecule is Cc1oc(C(=O)O)cc1Cn1c(C(F)(F)F)cccc1=O. The van der Waals surface area contributed by atoms with Crippen molar-refractivity contribution in [1.29, 1.82) is 0 Å². The maximum atomic E-state index is 12.9. The molecule has 0 unspecified atom stereocenters. The molecule has 0 radical (unpaired) electrons. The van der Waals surface area contributed by atoms with Crippen LogP contribution in [0, 0.1) is 6.92 Å². The van der Waals surface area contributed by atoms with E-state index in [1.54, 1.807) is 0 Å². The van der Waals surface area contributed by atoms with Crippen LogP contribution >= 0.6 is 0 Å². The van der Waals surface area contributed by atoms with Crippen molar-refractivity contribution < 1.29 is 27.5 Å². The van der Waals surface area contributed by atoms with E-state index in [4.69, 9.17) is 9.52 Å². The quantitative estimate of drug-likeness (QED) is 0.945. The minimum Gasteiger partial charge on any atom is -0.475 e. The molecule has 2 heterocycles. The van der Waals surface area contributed by atoms with Crippen molar-refractivity contribution in [2.75, 3.05) is 0 Å². The van der Waals surface area contributed by atoms with Crippen LogP contribution in [-0.4, -0.2) is 15.6 Å². The molecule has 2 aromatic heterocycles. The summed E-state index contributed by atoms with van der Waals surface area (Å²) in [5, 5.41) is 8.78. The Labute approximate surface area is 116 Å². The number of pyridine rings is 1. The molecule has 0 spiro atoms. The first-order chi connectivity index (χ1) is 9.70. The van der Waals surface area contributed by atoms with Crippen LogP contribution in [0.4, 0.5) is 13.2 Å². The Balaban J connectivity index is 2.50. The molecule has 5 nitrogen and oxygen atoms in total. The van der Waals surface area contributed by atoms with E-state index in [0.29, 0.717) is 4.57 Å². The second-order valence-electron chi connectivity index (χ2n) is 4.33. The number of furan rings is 1. The van der Waals surface area contributed by atoms with Gasteiger partial charge in [-0.3, -0.25) is 9.36 Å². The van der Waals surface area contributed by atoms with Crippen LogP contribution in [0.5, 0.6) is 0 Å². The van der Waals surface area contributed by atoms with Crippen molar-refractivity contribution in [3.05, 3.63) is 57.4 Å². The predicted molar refractivity (Wildman–Crippen MR) is 65.2 cm³/mol. The third-order valence-corrected chi connectivity index (χ3v) is 2.90. The van der Waals surface area contributed by atoms with Crippen LogP contribution in [0.1, 0.15) is 27.6 Å². The zero-order valence-electron chi connectivity index (χ0n) is 10.8. The summed E-state index contributed by atoms with van der Waals surface area (Å²) in [6.07, 6.45) is -4.69. The van der Waals surface area contributed by atoms with Gasteiger partial charge in [-0.15, -0.1) is 0 Å². The number of hydrogen-bond donors (Lipinski definition) is 1. The Morgan fingerprint density at radius 2 is 2.05 bits per heavy atom. The smallest absolute Gasteiger partial charge is 0.431 e. The van der Waals surface area contributed by atoms with Gasteiger partial charge in [-0.1, -0.05) is 6.07 Å². The third-order valence-electron chi connectivity index (χ3n) is 2.90. The summed E-state index contributed by atoms with van der Waals surface area (Å²) < 4.78 is 44.1. The summed E-state index contributed by atoms with van der Waals surface area (Å²) >= 11 is 0. The molecule has 2 rings (SSSR count). The lowest BCUT2D eigenvalue weighted by Gasteiger charge is -2.14. The molecule has 0 saturated carbocycles. The second-order valence-corrected chi connectivity index (χ2v) is 4.33. The average molecular weight is 301 g/mol. The molecule has 0 aromatic carbocycles. The molecule has 0 saturated heterocycles. The van der Waals surface area contributed by atoms with Crippen LogP contribution in [0.25, 0.3) is 0 Å². The summed E-state index contributed by atoms with van der Waals surface area (Å²) in [5.74, 6) is -1.57. The predicted octanol–water partition coefficient (Wildman–Crippen LogP) is 2.52. The van der Waals surface area contributed by atoms with Crippen molar-refractivity contribution >= 4 is 5.97 Å². The van der Waals surface area contributed by atoms with Gasteiger partial charge in [0.15, 0.2) is 0 Å². The summed E-state index contributed by atoms with van der Waals surface area (Å²) in [4.78, 5) is 22.4. The summed E-state index contributed by atoms with van der Waals surface area (Å²) in [6, 6.07) is 3.92. The van der Waals surface area contributed by atoms with Crippen molar-refractivity contribution in [3.8, 4) is 0 Å². The van der Waals surface area contributed by atoms with Crippen molar-refractivity contribution in [3.63, 3.8) is 0 Å². The highest BCUT2D eigenvalue weighted by Gasteiger charge is 2.34. The Bertz CT molecular complexity index is 743. The van der Waals surface area contributed by atoms with E-state index in [0.717, 1.165) is 24.3 Å². The normalized spacial score (nSPS) is 11.6. The van der Waals surface area contributed by atoms with Crippen LogP contribution in [0.3, 0.4) is 0 Å². The summed E-state index contributed by atoms with van der Waals surface area (Å²) in [7, 11) is 0. The molecule has 0 aliphatic carbocycles. The molecule has 8 heteroatoms. The van der Waals surface area contributed by atoms with Crippen LogP contribution in [0.15, 0.2) is 33.5 Å². The minimum absolute atomic E-state index is 0.149. The number of hydrogen-bond acceptors (Lipinski definition) is 3. The molecule has 0 bridgehead atoms. The Morgan fingerprint density at radius 1 is 1.38 bits per heavy atom. The number of aryl methyl sites for hydroxylation is 1. The number of nitrogens with zero attached hydrogens (tertiary/aromatic N) is 1. The maximum absolute atomic E-state index is 12.9. The first-order valence-electron chi connectivity index (χ1n) is 5.80.